The molecule has 2 aromatic carbocycles. The molecule has 0 saturated heterocycles. The summed E-state index contributed by atoms with van der Waals surface area (Å²) in [5.74, 6) is -0.319. The fourth-order valence-electron chi connectivity index (χ4n) is 4.03. The number of para-hydroxylation sites is 1. The highest BCUT2D eigenvalue weighted by atomic mass is 32.2. The monoisotopic (exact) mass is 452 g/mol. The minimum atomic E-state index is -3.61. The van der Waals surface area contributed by atoms with Crippen molar-refractivity contribution in [2.24, 2.45) is 0 Å². The summed E-state index contributed by atoms with van der Waals surface area (Å²) in [5, 5.41) is 7.62. The van der Waals surface area contributed by atoms with Crippen LogP contribution in [0.3, 0.4) is 0 Å². The van der Waals surface area contributed by atoms with Crippen LogP contribution in [-0.2, 0) is 22.9 Å². The summed E-state index contributed by atoms with van der Waals surface area (Å²) in [6.07, 6.45) is 4.88. The number of rotatable bonds is 5. The number of fused-ring (bicyclic) bond motifs is 1. The predicted octanol–water partition coefficient (Wildman–Crippen LogP) is 3.95. The van der Waals surface area contributed by atoms with Crippen molar-refractivity contribution in [3.05, 3.63) is 71.0 Å². The van der Waals surface area contributed by atoms with Crippen molar-refractivity contribution in [3.8, 4) is 5.69 Å². The van der Waals surface area contributed by atoms with E-state index in [1.807, 2.05) is 41.9 Å². The Kier molecular flexibility index (Phi) is 6.17. The molecule has 1 aliphatic rings. The standard InChI is InChI=1S/C24H28N4O3S/c1-17-14-15-19(32(30,31)27(2)3)16-21(17)25-24(29)23-20-12-8-5-9-13-22(20)28(26-23)18-10-6-4-7-11-18/h4,6-7,10-11,14-16H,5,8-9,12-13H2,1-3H3,(H,25,29). The van der Waals surface area contributed by atoms with Gasteiger partial charge in [0.25, 0.3) is 5.91 Å². The summed E-state index contributed by atoms with van der Waals surface area (Å²) in [6, 6.07) is 14.6. The first-order valence-corrected chi connectivity index (χ1v) is 12.2. The normalized spacial score (nSPS) is 14.1. The lowest BCUT2D eigenvalue weighted by atomic mass is 10.1. The number of hydrogen-bond donors (Lipinski definition) is 1. The number of amides is 1. The molecule has 1 aliphatic carbocycles. The third-order valence-corrected chi connectivity index (χ3v) is 7.69. The molecule has 1 aromatic heterocycles. The fraction of sp³-hybridized carbons (Fsp3) is 0.333. The van der Waals surface area contributed by atoms with Gasteiger partial charge >= 0.3 is 0 Å². The number of carbonyl (C=O) groups is 1. The smallest absolute Gasteiger partial charge is 0.276 e. The molecule has 0 aliphatic heterocycles. The van der Waals surface area contributed by atoms with E-state index in [-0.39, 0.29) is 10.8 Å². The number of nitrogens with one attached hydrogen (secondary N) is 1. The summed E-state index contributed by atoms with van der Waals surface area (Å²) in [6.45, 7) is 1.84. The van der Waals surface area contributed by atoms with Crippen molar-refractivity contribution in [3.63, 3.8) is 0 Å². The second kappa shape index (κ2) is 8.88. The van der Waals surface area contributed by atoms with E-state index in [2.05, 4.69) is 5.32 Å². The molecular weight excluding hydrogens is 424 g/mol. The van der Waals surface area contributed by atoms with Crippen LogP contribution in [0.25, 0.3) is 5.69 Å². The van der Waals surface area contributed by atoms with Crippen LogP contribution in [0.4, 0.5) is 5.69 Å². The fourth-order valence-corrected chi connectivity index (χ4v) is 4.96. The Labute approximate surface area is 189 Å². The van der Waals surface area contributed by atoms with Crippen LogP contribution in [0.5, 0.6) is 0 Å². The highest BCUT2D eigenvalue weighted by Crippen LogP contribution is 2.28. The second-order valence-electron chi connectivity index (χ2n) is 8.30. The predicted molar refractivity (Wildman–Crippen MR) is 125 cm³/mol. The van der Waals surface area contributed by atoms with Crippen molar-refractivity contribution >= 4 is 21.6 Å². The molecule has 7 nitrogen and oxygen atoms in total. The van der Waals surface area contributed by atoms with Gasteiger partial charge in [0, 0.05) is 31.0 Å². The SMILES string of the molecule is Cc1ccc(S(=O)(=O)N(C)C)cc1NC(=O)c1nn(-c2ccccc2)c2c1CCCCC2. The van der Waals surface area contributed by atoms with E-state index in [1.165, 1.54) is 20.2 Å². The van der Waals surface area contributed by atoms with E-state index in [0.29, 0.717) is 11.4 Å². The van der Waals surface area contributed by atoms with Crippen molar-refractivity contribution in [2.75, 3.05) is 19.4 Å². The van der Waals surface area contributed by atoms with E-state index in [1.54, 1.807) is 12.1 Å². The summed E-state index contributed by atoms with van der Waals surface area (Å²) in [7, 11) is -0.635. The van der Waals surface area contributed by atoms with Gasteiger partial charge in [0.15, 0.2) is 5.69 Å². The maximum Gasteiger partial charge on any atom is 0.276 e. The molecule has 1 amide bonds. The Morgan fingerprint density at radius 3 is 2.47 bits per heavy atom. The average Bonchev–Trinajstić information content (AvgIpc) is 2.96. The van der Waals surface area contributed by atoms with Crippen LogP contribution in [-0.4, -0.2) is 42.5 Å². The van der Waals surface area contributed by atoms with Gasteiger partial charge in [0.05, 0.1) is 10.6 Å². The van der Waals surface area contributed by atoms with Crippen molar-refractivity contribution in [2.45, 2.75) is 43.9 Å². The van der Waals surface area contributed by atoms with E-state index in [4.69, 9.17) is 5.10 Å². The third-order valence-electron chi connectivity index (χ3n) is 5.88. The topological polar surface area (TPSA) is 84.3 Å². The van der Waals surface area contributed by atoms with Gasteiger partial charge in [-0.3, -0.25) is 4.79 Å². The maximum absolute atomic E-state index is 13.3. The number of carbonyl (C=O) groups excluding carboxylic acids is 1. The molecule has 0 bridgehead atoms. The minimum Gasteiger partial charge on any atom is -0.320 e. The van der Waals surface area contributed by atoms with Crippen LogP contribution in [0.2, 0.25) is 0 Å². The number of aromatic nitrogens is 2. The van der Waals surface area contributed by atoms with Crippen molar-refractivity contribution in [1.29, 1.82) is 0 Å². The van der Waals surface area contributed by atoms with Gasteiger partial charge in [-0.15, -0.1) is 0 Å². The van der Waals surface area contributed by atoms with Crippen molar-refractivity contribution < 1.29 is 13.2 Å². The van der Waals surface area contributed by atoms with E-state index >= 15 is 0 Å². The molecule has 1 heterocycles. The van der Waals surface area contributed by atoms with Gasteiger partial charge in [-0.2, -0.15) is 5.10 Å². The number of sulfonamides is 1. The number of hydrogen-bond acceptors (Lipinski definition) is 4. The minimum absolute atomic E-state index is 0.136. The van der Waals surface area contributed by atoms with Crippen molar-refractivity contribution in [1.82, 2.24) is 14.1 Å². The Morgan fingerprint density at radius 1 is 1.03 bits per heavy atom. The third kappa shape index (κ3) is 4.20. The quantitative estimate of drug-likeness (QED) is 0.594. The molecule has 0 saturated carbocycles. The number of aryl methyl sites for hydroxylation is 1. The van der Waals surface area contributed by atoms with Crippen LogP contribution < -0.4 is 5.32 Å². The van der Waals surface area contributed by atoms with Crippen LogP contribution in [0, 0.1) is 6.92 Å². The molecule has 8 heteroatoms. The Balaban J connectivity index is 1.73. The number of nitrogens with zero attached hydrogens (tertiary/aromatic N) is 3. The molecule has 168 valence electrons. The van der Waals surface area contributed by atoms with Crippen LogP contribution >= 0.6 is 0 Å². The molecule has 0 unspecified atom stereocenters. The molecule has 4 rings (SSSR count). The summed E-state index contributed by atoms with van der Waals surface area (Å²) in [5.41, 5.74) is 4.66. The van der Waals surface area contributed by atoms with E-state index in [9.17, 15) is 13.2 Å². The largest absolute Gasteiger partial charge is 0.320 e. The lowest BCUT2D eigenvalue weighted by molar-refractivity contribution is 0.102. The first kappa shape index (κ1) is 22.2. The Hall–Kier alpha value is -2.97. The molecule has 0 atom stereocenters. The van der Waals surface area contributed by atoms with E-state index in [0.717, 1.165) is 58.9 Å². The molecule has 3 aromatic rings. The first-order valence-electron chi connectivity index (χ1n) is 10.8. The zero-order valence-corrected chi connectivity index (χ0v) is 19.4. The lowest BCUT2D eigenvalue weighted by Gasteiger charge is -2.14. The molecule has 0 radical (unpaired) electrons. The summed E-state index contributed by atoms with van der Waals surface area (Å²) in [4.78, 5) is 13.5. The zero-order valence-electron chi connectivity index (χ0n) is 18.6. The molecule has 0 fully saturated rings. The highest BCUT2D eigenvalue weighted by molar-refractivity contribution is 7.89. The van der Waals surface area contributed by atoms with Gasteiger partial charge in [-0.05, 0) is 62.4 Å². The molecular formula is C24H28N4O3S. The zero-order chi connectivity index (χ0) is 22.9. The lowest BCUT2D eigenvalue weighted by Crippen LogP contribution is -2.22. The number of anilines is 1. The highest BCUT2D eigenvalue weighted by Gasteiger charge is 2.26. The first-order chi connectivity index (χ1) is 15.3. The van der Waals surface area contributed by atoms with Gasteiger partial charge < -0.3 is 5.32 Å². The molecule has 1 N–H and O–H groups in total. The second-order valence-corrected chi connectivity index (χ2v) is 10.5. The summed E-state index contributed by atoms with van der Waals surface area (Å²) < 4.78 is 28.1. The van der Waals surface area contributed by atoms with Gasteiger partial charge in [-0.25, -0.2) is 17.4 Å². The van der Waals surface area contributed by atoms with E-state index < -0.39 is 10.0 Å². The number of benzene rings is 2. The van der Waals surface area contributed by atoms with Gasteiger partial charge in [0.1, 0.15) is 0 Å². The van der Waals surface area contributed by atoms with Gasteiger partial charge in [0.2, 0.25) is 10.0 Å². The van der Waals surface area contributed by atoms with Gasteiger partial charge in [-0.1, -0.05) is 30.7 Å². The van der Waals surface area contributed by atoms with Crippen LogP contribution in [0.15, 0.2) is 53.4 Å². The molecule has 32 heavy (non-hydrogen) atoms. The molecule has 0 spiro atoms. The summed E-state index contributed by atoms with van der Waals surface area (Å²) >= 11 is 0. The van der Waals surface area contributed by atoms with Crippen LogP contribution in [0.1, 0.15) is 46.6 Å². The Bertz CT molecular complexity index is 1250. The maximum atomic E-state index is 13.3. The Morgan fingerprint density at radius 2 is 1.75 bits per heavy atom. The average molecular weight is 453 g/mol.